The summed E-state index contributed by atoms with van der Waals surface area (Å²) in [5.74, 6) is 0.336. The fourth-order valence-corrected chi connectivity index (χ4v) is 1.58. The topological polar surface area (TPSA) is 66.9 Å². The number of aromatic nitrogens is 2. The third-order valence-electron chi connectivity index (χ3n) is 2.36. The van der Waals surface area contributed by atoms with Crippen LogP contribution in [0.25, 0.3) is 0 Å². The van der Waals surface area contributed by atoms with Crippen molar-refractivity contribution in [3.63, 3.8) is 0 Å². The Morgan fingerprint density at radius 3 is 2.47 bits per heavy atom. The summed E-state index contributed by atoms with van der Waals surface area (Å²) in [6.07, 6.45) is 0. The molecular weight excluding hydrogens is 264 g/mol. The van der Waals surface area contributed by atoms with Crippen LogP contribution in [0.5, 0.6) is 0 Å². The molecule has 6 heteroatoms. The van der Waals surface area contributed by atoms with Gasteiger partial charge in [0.15, 0.2) is 5.69 Å². The highest BCUT2D eigenvalue weighted by Gasteiger charge is 2.08. The Morgan fingerprint density at radius 2 is 1.89 bits per heavy atom. The number of benzene rings is 1. The lowest BCUT2D eigenvalue weighted by Gasteiger charge is -2.05. The van der Waals surface area contributed by atoms with Crippen LogP contribution in [0.3, 0.4) is 0 Å². The Kier molecular flexibility index (Phi) is 4.30. The number of amides is 1. The molecule has 2 rings (SSSR count). The highest BCUT2D eigenvalue weighted by molar-refractivity contribution is 6.30. The van der Waals surface area contributed by atoms with Gasteiger partial charge in [0.05, 0.1) is 0 Å². The van der Waals surface area contributed by atoms with Crippen LogP contribution in [-0.4, -0.2) is 22.6 Å². The van der Waals surface area contributed by atoms with Gasteiger partial charge in [-0.3, -0.25) is 4.79 Å². The molecule has 1 amide bonds. The van der Waals surface area contributed by atoms with E-state index in [1.807, 2.05) is 6.92 Å². The van der Waals surface area contributed by atoms with Crippen molar-refractivity contribution in [2.75, 3.05) is 17.2 Å². The quantitative estimate of drug-likeness (QED) is 0.901. The molecule has 0 unspecified atom stereocenters. The standard InChI is InChI=1S/C13H13ClN4O/c1-2-15-12-8-7-11(17-18-12)13(19)16-10-5-3-9(14)4-6-10/h3-8H,2H2,1H3,(H,15,18)(H,16,19). The summed E-state index contributed by atoms with van der Waals surface area (Å²) in [4.78, 5) is 11.9. The molecule has 98 valence electrons. The number of halogens is 1. The van der Waals surface area contributed by atoms with Crippen LogP contribution in [-0.2, 0) is 0 Å². The van der Waals surface area contributed by atoms with Crippen molar-refractivity contribution in [1.29, 1.82) is 0 Å². The predicted molar refractivity (Wildman–Crippen MR) is 75.6 cm³/mol. The summed E-state index contributed by atoms with van der Waals surface area (Å²) in [5.41, 5.74) is 0.920. The predicted octanol–water partition coefficient (Wildman–Crippen LogP) is 2.81. The van der Waals surface area contributed by atoms with Crippen molar-refractivity contribution in [3.8, 4) is 0 Å². The van der Waals surface area contributed by atoms with Gasteiger partial charge in [-0.15, -0.1) is 10.2 Å². The molecule has 0 aliphatic rings. The molecule has 19 heavy (non-hydrogen) atoms. The summed E-state index contributed by atoms with van der Waals surface area (Å²) in [6.45, 7) is 2.72. The second-order valence-electron chi connectivity index (χ2n) is 3.80. The van der Waals surface area contributed by atoms with Gasteiger partial charge in [-0.25, -0.2) is 0 Å². The van der Waals surface area contributed by atoms with Gasteiger partial charge in [0.25, 0.3) is 5.91 Å². The van der Waals surface area contributed by atoms with Crippen LogP contribution in [0, 0.1) is 0 Å². The van der Waals surface area contributed by atoms with E-state index in [2.05, 4.69) is 20.8 Å². The molecule has 0 saturated heterocycles. The monoisotopic (exact) mass is 276 g/mol. The molecule has 5 nitrogen and oxygen atoms in total. The van der Waals surface area contributed by atoms with E-state index in [4.69, 9.17) is 11.6 Å². The molecule has 2 N–H and O–H groups in total. The van der Waals surface area contributed by atoms with Crippen molar-refractivity contribution in [2.45, 2.75) is 6.92 Å². The molecule has 0 radical (unpaired) electrons. The summed E-state index contributed by atoms with van der Waals surface area (Å²) in [6, 6.07) is 10.2. The van der Waals surface area contributed by atoms with Crippen LogP contribution in [0.1, 0.15) is 17.4 Å². The zero-order valence-corrected chi connectivity index (χ0v) is 11.1. The smallest absolute Gasteiger partial charge is 0.276 e. The molecule has 0 bridgehead atoms. The largest absolute Gasteiger partial charge is 0.369 e. The van der Waals surface area contributed by atoms with Crippen LogP contribution in [0.4, 0.5) is 11.5 Å². The first kappa shape index (κ1) is 13.3. The van der Waals surface area contributed by atoms with Gasteiger partial charge in [-0.2, -0.15) is 0 Å². The molecule has 1 aromatic carbocycles. The Bertz CT molecular complexity index is 554. The number of carbonyl (C=O) groups is 1. The number of carbonyl (C=O) groups excluding carboxylic acids is 1. The normalized spacial score (nSPS) is 10.0. The van der Waals surface area contributed by atoms with Gasteiger partial charge >= 0.3 is 0 Å². The molecule has 1 heterocycles. The van der Waals surface area contributed by atoms with Gasteiger partial charge in [0.2, 0.25) is 0 Å². The third-order valence-corrected chi connectivity index (χ3v) is 2.61. The van der Waals surface area contributed by atoms with Crippen LogP contribution in [0.15, 0.2) is 36.4 Å². The first-order valence-electron chi connectivity index (χ1n) is 5.83. The van der Waals surface area contributed by atoms with E-state index >= 15 is 0 Å². The average molecular weight is 277 g/mol. The van der Waals surface area contributed by atoms with Crippen molar-refractivity contribution >= 4 is 29.0 Å². The van der Waals surface area contributed by atoms with E-state index < -0.39 is 0 Å². The Hall–Kier alpha value is -2.14. The Morgan fingerprint density at radius 1 is 1.16 bits per heavy atom. The highest BCUT2D eigenvalue weighted by atomic mass is 35.5. The van der Waals surface area contributed by atoms with Gasteiger partial charge in [0.1, 0.15) is 5.82 Å². The third kappa shape index (κ3) is 3.66. The van der Waals surface area contributed by atoms with Crippen LogP contribution in [0.2, 0.25) is 5.02 Å². The van der Waals surface area contributed by atoms with Crippen molar-refractivity contribution < 1.29 is 4.79 Å². The van der Waals surface area contributed by atoms with Gasteiger partial charge < -0.3 is 10.6 Å². The minimum absolute atomic E-state index is 0.261. The fraction of sp³-hybridized carbons (Fsp3) is 0.154. The Balaban J connectivity index is 2.05. The summed E-state index contributed by atoms with van der Waals surface area (Å²) in [7, 11) is 0. The van der Waals surface area contributed by atoms with Gasteiger partial charge in [0, 0.05) is 17.3 Å². The lowest BCUT2D eigenvalue weighted by molar-refractivity contribution is 0.102. The highest BCUT2D eigenvalue weighted by Crippen LogP contribution is 2.14. The van der Waals surface area contributed by atoms with Gasteiger partial charge in [-0.1, -0.05) is 11.6 Å². The van der Waals surface area contributed by atoms with Crippen LogP contribution < -0.4 is 10.6 Å². The maximum absolute atomic E-state index is 11.9. The van der Waals surface area contributed by atoms with E-state index in [0.717, 1.165) is 6.54 Å². The van der Waals surface area contributed by atoms with E-state index in [1.165, 1.54) is 0 Å². The Labute approximate surface area is 116 Å². The molecular formula is C13H13ClN4O. The fourth-order valence-electron chi connectivity index (χ4n) is 1.46. The maximum atomic E-state index is 11.9. The lowest BCUT2D eigenvalue weighted by Crippen LogP contribution is -2.14. The minimum atomic E-state index is -0.308. The zero-order chi connectivity index (χ0) is 13.7. The summed E-state index contributed by atoms with van der Waals surface area (Å²) in [5, 5.41) is 14.1. The molecule has 0 spiro atoms. The van der Waals surface area contributed by atoms with Crippen molar-refractivity contribution in [3.05, 3.63) is 47.1 Å². The number of hydrogen-bond donors (Lipinski definition) is 2. The second kappa shape index (κ2) is 6.15. The molecule has 0 aliphatic carbocycles. The molecule has 2 aromatic rings. The van der Waals surface area contributed by atoms with E-state index in [0.29, 0.717) is 16.5 Å². The molecule has 0 aliphatic heterocycles. The molecule has 0 atom stereocenters. The van der Waals surface area contributed by atoms with E-state index in [9.17, 15) is 4.79 Å². The first-order valence-corrected chi connectivity index (χ1v) is 6.21. The number of nitrogens with zero attached hydrogens (tertiary/aromatic N) is 2. The molecule has 1 aromatic heterocycles. The second-order valence-corrected chi connectivity index (χ2v) is 4.23. The maximum Gasteiger partial charge on any atom is 0.276 e. The lowest BCUT2D eigenvalue weighted by atomic mass is 10.3. The summed E-state index contributed by atoms with van der Waals surface area (Å²) >= 11 is 5.77. The first-order chi connectivity index (χ1) is 9.19. The van der Waals surface area contributed by atoms with Crippen LogP contribution >= 0.6 is 11.6 Å². The zero-order valence-electron chi connectivity index (χ0n) is 10.4. The van der Waals surface area contributed by atoms with E-state index in [-0.39, 0.29) is 11.6 Å². The number of rotatable bonds is 4. The molecule has 0 saturated carbocycles. The van der Waals surface area contributed by atoms with E-state index in [1.54, 1.807) is 36.4 Å². The average Bonchev–Trinajstić information content (AvgIpc) is 2.42. The SMILES string of the molecule is CCNc1ccc(C(=O)Nc2ccc(Cl)cc2)nn1. The number of hydrogen-bond acceptors (Lipinski definition) is 4. The summed E-state index contributed by atoms with van der Waals surface area (Å²) < 4.78 is 0. The number of nitrogens with one attached hydrogen (secondary N) is 2. The van der Waals surface area contributed by atoms with Crippen molar-refractivity contribution in [2.24, 2.45) is 0 Å². The van der Waals surface area contributed by atoms with Crippen molar-refractivity contribution in [1.82, 2.24) is 10.2 Å². The number of anilines is 2. The molecule has 0 fully saturated rings. The minimum Gasteiger partial charge on any atom is -0.369 e. The van der Waals surface area contributed by atoms with Gasteiger partial charge in [-0.05, 0) is 43.3 Å².